The molecule has 0 spiro atoms. The molecule has 3 atom stereocenters. The minimum Gasteiger partial charge on any atom is -0.497 e. The van der Waals surface area contributed by atoms with Crippen LogP contribution in [0.3, 0.4) is 0 Å². The van der Waals surface area contributed by atoms with Gasteiger partial charge < -0.3 is 20.7 Å². The molecule has 0 aromatic heterocycles. The topological polar surface area (TPSA) is 67.6 Å². The highest BCUT2D eigenvalue weighted by molar-refractivity contribution is 5.85. The predicted octanol–water partition coefficient (Wildman–Crippen LogP) is 3.14. The van der Waals surface area contributed by atoms with Gasteiger partial charge in [-0.25, -0.2) is 0 Å². The number of anilines is 1. The van der Waals surface area contributed by atoms with Crippen molar-refractivity contribution < 1.29 is 9.53 Å². The van der Waals surface area contributed by atoms with Gasteiger partial charge in [0, 0.05) is 36.4 Å². The number of hydrogen-bond acceptors (Lipinski definition) is 4. The van der Waals surface area contributed by atoms with Crippen LogP contribution in [0.2, 0.25) is 0 Å². The van der Waals surface area contributed by atoms with Gasteiger partial charge in [0.25, 0.3) is 0 Å². The fourth-order valence-electron chi connectivity index (χ4n) is 4.01. The van der Waals surface area contributed by atoms with E-state index in [9.17, 15) is 4.79 Å². The molecule has 1 aromatic carbocycles. The number of carbonyl (C=O) groups excluding carboxylic acids is 1. The molecule has 5 nitrogen and oxygen atoms in total. The molecule has 0 radical (unpaired) electrons. The van der Waals surface area contributed by atoms with Gasteiger partial charge in [-0.3, -0.25) is 4.79 Å². The van der Waals surface area contributed by atoms with Crippen LogP contribution >= 0.6 is 24.8 Å². The molecule has 2 aliphatic rings. The molecule has 1 aliphatic carbocycles. The van der Waals surface area contributed by atoms with Gasteiger partial charge in [-0.05, 0) is 38.3 Å². The maximum Gasteiger partial charge on any atom is 0.225 e. The second-order valence-electron chi connectivity index (χ2n) is 7.45. The predicted molar refractivity (Wildman–Crippen MR) is 111 cm³/mol. The van der Waals surface area contributed by atoms with Crippen molar-refractivity contribution >= 4 is 36.4 Å². The van der Waals surface area contributed by atoms with E-state index in [1.54, 1.807) is 7.11 Å². The van der Waals surface area contributed by atoms with Crippen molar-refractivity contribution in [1.29, 1.82) is 0 Å². The molecule has 3 unspecified atom stereocenters. The number of carbonyl (C=O) groups is 1. The van der Waals surface area contributed by atoms with Crippen molar-refractivity contribution in [2.24, 2.45) is 11.7 Å². The number of nitrogens with zero attached hydrogens (tertiary/aromatic N) is 1. The molecule has 1 heterocycles. The van der Waals surface area contributed by atoms with Crippen LogP contribution in [0.25, 0.3) is 0 Å². The monoisotopic (exact) mass is 403 g/mol. The second kappa shape index (κ2) is 9.67. The molecule has 3 rings (SSSR count). The highest BCUT2D eigenvalue weighted by atomic mass is 35.5. The number of nitrogens with two attached hydrogens (primary N) is 1. The molecular formula is C19H31Cl2N3O2. The van der Waals surface area contributed by atoms with Gasteiger partial charge in [0.15, 0.2) is 0 Å². The molecule has 1 saturated carbocycles. The first-order valence-corrected chi connectivity index (χ1v) is 8.98. The number of nitrogens with one attached hydrogen (secondary N) is 1. The van der Waals surface area contributed by atoms with Crippen molar-refractivity contribution in [1.82, 2.24) is 5.32 Å². The average molecular weight is 404 g/mol. The molecule has 26 heavy (non-hydrogen) atoms. The smallest absolute Gasteiger partial charge is 0.225 e. The highest BCUT2D eigenvalue weighted by Crippen LogP contribution is 2.32. The fraction of sp³-hybridized carbons (Fsp3) is 0.632. The van der Waals surface area contributed by atoms with Crippen molar-refractivity contribution in [3.8, 4) is 5.75 Å². The van der Waals surface area contributed by atoms with E-state index >= 15 is 0 Å². The van der Waals surface area contributed by atoms with Crippen LogP contribution in [0.5, 0.6) is 5.75 Å². The molecule has 148 valence electrons. The number of amides is 1. The Balaban J connectivity index is 0.00000169. The van der Waals surface area contributed by atoms with E-state index < -0.39 is 0 Å². The van der Waals surface area contributed by atoms with E-state index in [0.717, 1.165) is 56.6 Å². The van der Waals surface area contributed by atoms with E-state index in [4.69, 9.17) is 10.5 Å². The first kappa shape index (κ1) is 22.9. The van der Waals surface area contributed by atoms with Crippen LogP contribution < -0.4 is 20.7 Å². The van der Waals surface area contributed by atoms with Crippen LogP contribution in [0, 0.1) is 5.92 Å². The molecule has 7 heteroatoms. The Morgan fingerprint density at radius 3 is 2.77 bits per heavy atom. The van der Waals surface area contributed by atoms with Crippen LogP contribution in [0.4, 0.5) is 5.69 Å². The summed E-state index contributed by atoms with van der Waals surface area (Å²) in [6.07, 6.45) is 5.04. The lowest BCUT2D eigenvalue weighted by Gasteiger charge is -2.37. The lowest BCUT2D eigenvalue weighted by molar-refractivity contribution is -0.128. The Kier molecular flexibility index (Phi) is 8.51. The first-order valence-electron chi connectivity index (χ1n) is 8.98. The van der Waals surface area contributed by atoms with Crippen molar-refractivity contribution in [3.05, 3.63) is 24.3 Å². The number of methoxy groups -OCH3 is 1. The Bertz CT molecular complexity index is 598. The second-order valence-corrected chi connectivity index (χ2v) is 7.45. The van der Waals surface area contributed by atoms with Crippen molar-refractivity contribution in [3.63, 3.8) is 0 Å². The normalized spacial score (nSPS) is 27.9. The lowest BCUT2D eigenvalue weighted by Crippen LogP contribution is -2.54. The summed E-state index contributed by atoms with van der Waals surface area (Å²) in [6.45, 7) is 3.81. The molecule has 3 N–H and O–H groups in total. The third-order valence-electron chi connectivity index (χ3n) is 5.52. The summed E-state index contributed by atoms with van der Waals surface area (Å²) in [5.74, 6) is 0.940. The quantitative estimate of drug-likeness (QED) is 0.809. The van der Waals surface area contributed by atoms with Gasteiger partial charge in [-0.2, -0.15) is 0 Å². The summed E-state index contributed by atoms with van der Waals surface area (Å²) in [5, 5.41) is 3.24. The van der Waals surface area contributed by atoms with E-state index in [1.807, 2.05) is 25.1 Å². The van der Waals surface area contributed by atoms with E-state index in [2.05, 4.69) is 16.3 Å². The summed E-state index contributed by atoms with van der Waals surface area (Å²) in [6, 6.07) is 8.28. The summed E-state index contributed by atoms with van der Waals surface area (Å²) < 4.78 is 5.30. The minimum absolute atomic E-state index is 0. The number of ether oxygens (including phenoxy) is 1. The summed E-state index contributed by atoms with van der Waals surface area (Å²) in [7, 11) is 1.68. The molecule has 1 saturated heterocycles. The van der Waals surface area contributed by atoms with E-state index in [1.165, 1.54) is 0 Å². The van der Waals surface area contributed by atoms with Gasteiger partial charge >= 0.3 is 0 Å². The SMILES string of the molecule is COc1cccc(N2CCC(NC(=O)C3CCCCC3(C)N)C2)c1.Cl.Cl. The zero-order valence-electron chi connectivity index (χ0n) is 15.6. The largest absolute Gasteiger partial charge is 0.497 e. The molecule has 1 aliphatic heterocycles. The first-order chi connectivity index (χ1) is 11.5. The standard InChI is InChI=1S/C19H29N3O2.2ClH/c1-19(20)10-4-3-8-17(19)18(23)21-14-9-11-22(13-14)15-6-5-7-16(12-15)24-2;;/h5-7,12,14,17H,3-4,8-11,13,20H2,1-2H3,(H,21,23);2*1H. The lowest BCUT2D eigenvalue weighted by atomic mass is 9.74. The number of benzene rings is 1. The summed E-state index contributed by atoms with van der Waals surface area (Å²) in [5.41, 5.74) is 7.14. The Labute approximate surface area is 168 Å². The highest BCUT2D eigenvalue weighted by Gasteiger charge is 2.39. The van der Waals surface area contributed by atoms with Crippen LogP contribution in [-0.2, 0) is 4.79 Å². The van der Waals surface area contributed by atoms with Gasteiger partial charge in [0.2, 0.25) is 5.91 Å². The third-order valence-corrected chi connectivity index (χ3v) is 5.52. The summed E-state index contributed by atoms with van der Waals surface area (Å²) >= 11 is 0. The zero-order valence-corrected chi connectivity index (χ0v) is 17.2. The Morgan fingerprint density at radius 2 is 2.08 bits per heavy atom. The van der Waals surface area contributed by atoms with Gasteiger partial charge in [0.1, 0.15) is 5.75 Å². The van der Waals surface area contributed by atoms with Crippen LogP contribution in [0.15, 0.2) is 24.3 Å². The molecule has 1 amide bonds. The number of halogens is 2. The van der Waals surface area contributed by atoms with Crippen molar-refractivity contribution in [2.75, 3.05) is 25.1 Å². The Hall–Kier alpha value is -1.17. The van der Waals surface area contributed by atoms with Crippen LogP contribution in [-0.4, -0.2) is 37.7 Å². The number of rotatable bonds is 4. The minimum atomic E-state index is -0.368. The molecular weight excluding hydrogens is 373 g/mol. The fourth-order valence-corrected chi connectivity index (χ4v) is 4.01. The number of hydrogen-bond donors (Lipinski definition) is 2. The third kappa shape index (κ3) is 5.18. The average Bonchev–Trinajstić information content (AvgIpc) is 3.03. The molecule has 2 fully saturated rings. The summed E-state index contributed by atoms with van der Waals surface area (Å²) in [4.78, 5) is 15.0. The molecule has 1 aromatic rings. The van der Waals surface area contributed by atoms with Gasteiger partial charge in [-0.1, -0.05) is 18.9 Å². The van der Waals surface area contributed by atoms with E-state index in [-0.39, 0.29) is 48.2 Å². The van der Waals surface area contributed by atoms with E-state index in [0.29, 0.717) is 0 Å². The Morgan fingerprint density at radius 1 is 1.31 bits per heavy atom. The van der Waals surface area contributed by atoms with Gasteiger partial charge in [-0.15, -0.1) is 24.8 Å². The van der Waals surface area contributed by atoms with Crippen molar-refractivity contribution in [2.45, 2.75) is 50.6 Å². The van der Waals surface area contributed by atoms with Crippen LogP contribution in [0.1, 0.15) is 39.0 Å². The molecule has 0 bridgehead atoms. The maximum atomic E-state index is 12.7. The maximum absolute atomic E-state index is 12.7. The van der Waals surface area contributed by atoms with Gasteiger partial charge in [0.05, 0.1) is 13.0 Å². The zero-order chi connectivity index (χ0) is 17.2.